The minimum absolute atomic E-state index is 0.310. The van der Waals surface area contributed by atoms with Crippen LogP contribution in [0.15, 0.2) is 24.3 Å². The maximum Gasteiger partial charge on any atom is 0.0314 e. The van der Waals surface area contributed by atoms with Gasteiger partial charge in [-0.2, -0.15) is 5.12 Å². The summed E-state index contributed by atoms with van der Waals surface area (Å²) >= 11 is 0. The van der Waals surface area contributed by atoms with Crippen molar-refractivity contribution < 1.29 is 0 Å². The molecule has 0 spiro atoms. The second-order valence-electron chi connectivity index (χ2n) is 4.39. The number of rotatable bonds is 4. The van der Waals surface area contributed by atoms with E-state index < -0.39 is 0 Å². The number of anilines is 1. The van der Waals surface area contributed by atoms with Gasteiger partial charge in [-0.1, -0.05) is 12.1 Å². The first-order valence-electron chi connectivity index (χ1n) is 5.25. The van der Waals surface area contributed by atoms with Crippen molar-refractivity contribution >= 4 is 5.69 Å². The van der Waals surface area contributed by atoms with Crippen molar-refractivity contribution in [3.05, 3.63) is 29.8 Å². The maximum absolute atomic E-state index is 5.66. The van der Waals surface area contributed by atoms with E-state index in [1.807, 2.05) is 12.1 Å². The number of hydrogen-bond acceptors (Lipinski definition) is 4. The Kier molecular flexibility index (Phi) is 2.65. The molecule has 0 amide bonds. The molecule has 1 aromatic rings. The van der Waals surface area contributed by atoms with Crippen molar-refractivity contribution in [1.29, 1.82) is 0 Å². The minimum atomic E-state index is 0.310. The van der Waals surface area contributed by atoms with Crippen molar-refractivity contribution in [2.75, 3.05) is 12.3 Å². The lowest BCUT2D eigenvalue weighted by atomic mass is 9.92. The number of benzene rings is 1. The third kappa shape index (κ3) is 2.28. The Morgan fingerprint density at radius 3 is 2.20 bits per heavy atom. The second-order valence-corrected chi connectivity index (χ2v) is 4.39. The zero-order valence-electron chi connectivity index (χ0n) is 8.82. The highest BCUT2D eigenvalue weighted by molar-refractivity contribution is 5.43. The normalized spacial score (nSPS) is 18.1. The summed E-state index contributed by atoms with van der Waals surface area (Å²) in [6.07, 6.45) is 3.47. The molecule has 82 valence electrons. The molecule has 1 saturated carbocycles. The summed E-state index contributed by atoms with van der Waals surface area (Å²) in [6.45, 7) is 0.727. The van der Waals surface area contributed by atoms with Crippen LogP contribution in [0.4, 0.5) is 5.69 Å². The monoisotopic (exact) mass is 206 g/mol. The van der Waals surface area contributed by atoms with Crippen molar-refractivity contribution in [3.63, 3.8) is 0 Å². The summed E-state index contributed by atoms with van der Waals surface area (Å²) < 4.78 is 0. The quantitative estimate of drug-likeness (QED) is 0.385. The molecule has 1 fully saturated rings. The van der Waals surface area contributed by atoms with Crippen LogP contribution in [0.1, 0.15) is 24.8 Å². The Morgan fingerprint density at radius 1 is 1.13 bits per heavy atom. The zero-order valence-corrected chi connectivity index (χ0v) is 8.82. The van der Waals surface area contributed by atoms with Crippen LogP contribution in [0.5, 0.6) is 0 Å². The molecular formula is C11H18N4. The smallest absolute Gasteiger partial charge is 0.0314 e. The molecule has 0 saturated heterocycles. The van der Waals surface area contributed by atoms with Gasteiger partial charge in [0.15, 0.2) is 0 Å². The van der Waals surface area contributed by atoms with E-state index in [0.29, 0.717) is 5.41 Å². The second kappa shape index (κ2) is 3.81. The average molecular weight is 206 g/mol. The molecule has 0 aliphatic heterocycles. The fourth-order valence-corrected chi connectivity index (χ4v) is 2.01. The SMILES string of the molecule is Nc1ccc(C2(CCN(N)N)CC2)cc1. The highest BCUT2D eigenvalue weighted by Gasteiger charge is 2.43. The van der Waals surface area contributed by atoms with Gasteiger partial charge in [0.1, 0.15) is 0 Å². The van der Waals surface area contributed by atoms with Gasteiger partial charge in [-0.3, -0.25) is 11.7 Å². The van der Waals surface area contributed by atoms with E-state index in [1.54, 1.807) is 0 Å². The fourth-order valence-electron chi connectivity index (χ4n) is 2.01. The summed E-state index contributed by atoms with van der Waals surface area (Å²) in [7, 11) is 0. The van der Waals surface area contributed by atoms with Crippen LogP contribution in [0.3, 0.4) is 0 Å². The van der Waals surface area contributed by atoms with E-state index in [1.165, 1.54) is 23.5 Å². The van der Waals surface area contributed by atoms with Gasteiger partial charge < -0.3 is 5.73 Å². The van der Waals surface area contributed by atoms with Crippen LogP contribution < -0.4 is 17.4 Å². The summed E-state index contributed by atoms with van der Waals surface area (Å²) in [5.41, 5.74) is 8.15. The third-order valence-corrected chi connectivity index (χ3v) is 3.23. The van der Waals surface area contributed by atoms with Crippen molar-refractivity contribution in [3.8, 4) is 0 Å². The molecule has 4 nitrogen and oxygen atoms in total. The third-order valence-electron chi connectivity index (χ3n) is 3.23. The summed E-state index contributed by atoms with van der Waals surface area (Å²) in [4.78, 5) is 0. The predicted octanol–water partition coefficient (Wildman–Crippen LogP) is 0.740. The Balaban J connectivity index is 2.06. The van der Waals surface area contributed by atoms with Crippen LogP contribution in [-0.4, -0.2) is 11.7 Å². The van der Waals surface area contributed by atoms with Crippen molar-refractivity contribution in [2.45, 2.75) is 24.7 Å². The largest absolute Gasteiger partial charge is 0.399 e. The summed E-state index contributed by atoms with van der Waals surface area (Å²) in [6, 6.07) is 8.13. The Hall–Kier alpha value is -1.10. The molecule has 1 aromatic carbocycles. The molecule has 0 unspecified atom stereocenters. The Labute approximate surface area is 90.0 Å². The average Bonchev–Trinajstić information content (AvgIpc) is 2.97. The van der Waals surface area contributed by atoms with Gasteiger partial charge in [0.25, 0.3) is 0 Å². The van der Waals surface area contributed by atoms with Gasteiger partial charge in [-0.15, -0.1) is 0 Å². The topological polar surface area (TPSA) is 81.3 Å². The first kappa shape index (κ1) is 10.4. The minimum Gasteiger partial charge on any atom is -0.399 e. The Bertz CT molecular complexity index is 327. The van der Waals surface area contributed by atoms with Gasteiger partial charge >= 0.3 is 0 Å². The highest BCUT2D eigenvalue weighted by Crippen LogP contribution is 2.50. The number of hydrazine groups is 2. The summed E-state index contributed by atoms with van der Waals surface area (Å²) in [5.74, 6) is 10.8. The lowest BCUT2D eigenvalue weighted by molar-refractivity contribution is 0.277. The highest BCUT2D eigenvalue weighted by atomic mass is 15.6. The maximum atomic E-state index is 5.66. The number of nitrogen functional groups attached to an aromatic ring is 1. The Morgan fingerprint density at radius 2 is 1.73 bits per heavy atom. The van der Waals surface area contributed by atoms with E-state index in [0.717, 1.165) is 18.7 Å². The van der Waals surface area contributed by atoms with E-state index in [9.17, 15) is 0 Å². The van der Waals surface area contributed by atoms with E-state index in [2.05, 4.69) is 12.1 Å². The van der Waals surface area contributed by atoms with Gasteiger partial charge in [0, 0.05) is 12.2 Å². The molecule has 15 heavy (non-hydrogen) atoms. The molecule has 0 bridgehead atoms. The van der Waals surface area contributed by atoms with E-state index in [-0.39, 0.29) is 0 Å². The molecular weight excluding hydrogens is 188 g/mol. The van der Waals surface area contributed by atoms with Crippen LogP contribution in [0.25, 0.3) is 0 Å². The van der Waals surface area contributed by atoms with Gasteiger partial charge in [-0.05, 0) is 42.4 Å². The van der Waals surface area contributed by atoms with Crippen LogP contribution in [0, 0.1) is 0 Å². The van der Waals surface area contributed by atoms with E-state index >= 15 is 0 Å². The number of nitrogens with two attached hydrogens (primary N) is 3. The van der Waals surface area contributed by atoms with Gasteiger partial charge in [-0.25, -0.2) is 0 Å². The van der Waals surface area contributed by atoms with Crippen LogP contribution in [0.2, 0.25) is 0 Å². The lowest BCUT2D eigenvalue weighted by Gasteiger charge is -2.18. The molecule has 2 rings (SSSR count). The fraction of sp³-hybridized carbons (Fsp3) is 0.455. The zero-order chi connectivity index (χ0) is 10.9. The molecule has 0 atom stereocenters. The summed E-state index contributed by atoms with van der Waals surface area (Å²) in [5, 5.41) is 1.26. The molecule has 1 aliphatic rings. The number of hydrogen-bond donors (Lipinski definition) is 3. The van der Waals surface area contributed by atoms with Gasteiger partial charge in [0.2, 0.25) is 0 Å². The molecule has 0 aromatic heterocycles. The molecule has 4 heteroatoms. The molecule has 0 radical (unpaired) electrons. The molecule has 6 N–H and O–H groups in total. The van der Waals surface area contributed by atoms with E-state index in [4.69, 9.17) is 17.4 Å². The lowest BCUT2D eigenvalue weighted by Crippen LogP contribution is -2.39. The first-order valence-corrected chi connectivity index (χ1v) is 5.25. The van der Waals surface area contributed by atoms with Crippen LogP contribution >= 0.6 is 0 Å². The predicted molar refractivity (Wildman–Crippen MR) is 61.5 cm³/mol. The first-order chi connectivity index (χ1) is 7.12. The standard InChI is InChI=1S/C11H18N4/c12-10-3-1-9(2-4-10)11(5-6-11)7-8-15(13)14/h1-4H,5-8,12-14H2. The van der Waals surface area contributed by atoms with Crippen molar-refractivity contribution in [1.82, 2.24) is 5.12 Å². The van der Waals surface area contributed by atoms with Crippen LogP contribution in [-0.2, 0) is 5.41 Å². The molecule has 1 aliphatic carbocycles. The van der Waals surface area contributed by atoms with Gasteiger partial charge in [0.05, 0.1) is 0 Å². The number of nitrogens with zero attached hydrogens (tertiary/aromatic N) is 1. The van der Waals surface area contributed by atoms with Crippen molar-refractivity contribution in [2.24, 2.45) is 11.7 Å². The molecule has 0 heterocycles.